The molecule has 108 valence electrons. The molecule has 0 aliphatic heterocycles. The van der Waals surface area contributed by atoms with Crippen molar-refractivity contribution in [2.45, 2.75) is 37.6 Å². The molecule has 2 aromatic heterocycles. The molecule has 0 bridgehead atoms. The summed E-state index contributed by atoms with van der Waals surface area (Å²) in [5, 5.41) is 19.0. The maximum absolute atomic E-state index is 12.3. The highest BCUT2D eigenvalue weighted by molar-refractivity contribution is 5.94. The largest absolute Gasteiger partial charge is 0.463 e. The van der Waals surface area contributed by atoms with Crippen LogP contribution in [0.4, 0.5) is 0 Å². The van der Waals surface area contributed by atoms with Crippen molar-refractivity contribution in [1.29, 1.82) is 5.26 Å². The zero-order valence-corrected chi connectivity index (χ0v) is 11.6. The zero-order chi connectivity index (χ0) is 14.7. The summed E-state index contributed by atoms with van der Waals surface area (Å²) in [5.41, 5.74) is 0.153. The second kappa shape index (κ2) is 5.44. The van der Waals surface area contributed by atoms with Crippen LogP contribution in [0.25, 0.3) is 11.5 Å². The van der Waals surface area contributed by atoms with E-state index in [-0.39, 0.29) is 11.6 Å². The molecule has 21 heavy (non-hydrogen) atoms. The molecule has 1 amide bonds. The van der Waals surface area contributed by atoms with Crippen molar-refractivity contribution in [2.75, 3.05) is 0 Å². The summed E-state index contributed by atoms with van der Waals surface area (Å²) in [4.78, 5) is 12.3. The van der Waals surface area contributed by atoms with Gasteiger partial charge in [0.25, 0.3) is 5.91 Å². The number of carbonyl (C=O) groups is 1. The Morgan fingerprint density at radius 2 is 2.24 bits per heavy atom. The normalized spacial score (nSPS) is 17.1. The minimum Gasteiger partial charge on any atom is -0.463 e. The van der Waals surface area contributed by atoms with Crippen molar-refractivity contribution in [3.05, 3.63) is 30.2 Å². The van der Waals surface area contributed by atoms with Gasteiger partial charge in [0.1, 0.15) is 11.2 Å². The molecule has 1 aliphatic rings. The first-order chi connectivity index (χ1) is 10.2. The standard InChI is InChI=1S/C15H16N4O2/c16-10-15(6-2-1-3-7-15)17-14(20)12-9-11(18-19-12)13-5-4-8-21-13/h4-5,8-9H,1-3,6-7H2,(H,17,20)(H,18,19). The van der Waals surface area contributed by atoms with Gasteiger partial charge in [-0.15, -0.1) is 0 Å². The smallest absolute Gasteiger partial charge is 0.273 e. The maximum Gasteiger partial charge on any atom is 0.273 e. The predicted molar refractivity (Wildman–Crippen MR) is 75.2 cm³/mol. The fraction of sp³-hybridized carbons (Fsp3) is 0.400. The molecule has 0 unspecified atom stereocenters. The van der Waals surface area contributed by atoms with E-state index in [1.807, 2.05) is 0 Å². The second-order valence-electron chi connectivity index (χ2n) is 5.35. The molecule has 1 aliphatic carbocycles. The number of furan rings is 1. The first kappa shape index (κ1) is 13.4. The summed E-state index contributed by atoms with van der Waals surface area (Å²) in [6, 6.07) is 7.44. The molecule has 2 aromatic rings. The summed E-state index contributed by atoms with van der Waals surface area (Å²) in [7, 11) is 0. The molecular formula is C15H16N4O2. The number of rotatable bonds is 3. The molecule has 0 radical (unpaired) electrons. The number of aromatic nitrogens is 2. The van der Waals surface area contributed by atoms with Crippen LogP contribution in [0, 0.1) is 11.3 Å². The Morgan fingerprint density at radius 1 is 1.43 bits per heavy atom. The summed E-state index contributed by atoms with van der Waals surface area (Å²) in [6.07, 6.45) is 6.00. The minimum absolute atomic E-state index is 0.265. The highest BCUT2D eigenvalue weighted by Crippen LogP contribution is 2.28. The molecule has 2 N–H and O–H groups in total. The van der Waals surface area contributed by atoms with E-state index < -0.39 is 5.54 Å². The van der Waals surface area contributed by atoms with Crippen LogP contribution in [0.3, 0.4) is 0 Å². The number of amides is 1. The molecule has 0 spiro atoms. The van der Waals surface area contributed by atoms with Gasteiger partial charge in [-0.1, -0.05) is 19.3 Å². The number of nitriles is 1. The number of carbonyl (C=O) groups excluding carboxylic acids is 1. The third kappa shape index (κ3) is 2.68. The SMILES string of the molecule is N#CC1(NC(=O)c2cc(-c3ccco3)[nH]n2)CCCCC1. The van der Waals surface area contributed by atoms with Crippen molar-refractivity contribution in [3.8, 4) is 17.5 Å². The van der Waals surface area contributed by atoms with E-state index in [4.69, 9.17) is 4.42 Å². The van der Waals surface area contributed by atoms with Gasteiger partial charge >= 0.3 is 0 Å². The third-order valence-electron chi connectivity index (χ3n) is 3.87. The summed E-state index contributed by atoms with van der Waals surface area (Å²) in [6.45, 7) is 0. The molecule has 6 heteroatoms. The number of hydrogen-bond donors (Lipinski definition) is 2. The molecular weight excluding hydrogens is 268 g/mol. The molecule has 0 atom stereocenters. The highest BCUT2D eigenvalue weighted by atomic mass is 16.3. The Kier molecular flexibility index (Phi) is 3.48. The minimum atomic E-state index is -0.751. The van der Waals surface area contributed by atoms with Gasteiger partial charge in [-0.3, -0.25) is 9.89 Å². The van der Waals surface area contributed by atoms with Crippen LogP contribution in [-0.4, -0.2) is 21.6 Å². The van der Waals surface area contributed by atoms with Crippen LogP contribution < -0.4 is 5.32 Å². The Labute approximate surface area is 122 Å². The number of hydrogen-bond acceptors (Lipinski definition) is 4. The van der Waals surface area contributed by atoms with Gasteiger partial charge in [0.05, 0.1) is 12.3 Å². The lowest BCUT2D eigenvalue weighted by molar-refractivity contribution is 0.0897. The lowest BCUT2D eigenvalue weighted by Crippen LogP contribution is -2.48. The van der Waals surface area contributed by atoms with Crippen LogP contribution in [0.15, 0.2) is 28.9 Å². The van der Waals surface area contributed by atoms with Crippen molar-refractivity contribution in [3.63, 3.8) is 0 Å². The van der Waals surface area contributed by atoms with E-state index in [2.05, 4.69) is 21.6 Å². The first-order valence-electron chi connectivity index (χ1n) is 7.05. The fourth-order valence-electron chi connectivity index (χ4n) is 2.70. The molecule has 3 rings (SSSR count). The Morgan fingerprint density at radius 3 is 2.90 bits per heavy atom. The lowest BCUT2D eigenvalue weighted by Gasteiger charge is -2.31. The quantitative estimate of drug-likeness (QED) is 0.905. The van der Waals surface area contributed by atoms with E-state index in [0.29, 0.717) is 24.3 Å². The topological polar surface area (TPSA) is 94.7 Å². The summed E-state index contributed by atoms with van der Waals surface area (Å²) in [5.74, 6) is 0.293. The van der Waals surface area contributed by atoms with Gasteiger partial charge in [-0.25, -0.2) is 0 Å². The van der Waals surface area contributed by atoms with Crippen molar-refractivity contribution >= 4 is 5.91 Å². The average molecular weight is 284 g/mol. The van der Waals surface area contributed by atoms with E-state index in [1.165, 1.54) is 0 Å². The van der Waals surface area contributed by atoms with E-state index in [0.717, 1.165) is 19.3 Å². The van der Waals surface area contributed by atoms with Crippen molar-refractivity contribution in [2.24, 2.45) is 0 Å². The van der Waals surface area contributed by atoms with Crippen LogP contribution in [-0.2, 0) is 0 Å². The predicted octanol–water partition coefficient (Wildman–Crippen LogP) is 2.63. The molecule has 1 fully saturated rings. The third-order valence-corrected chi connectivity index (χ3v) is 3.87. The number of aromatic amines is 1. The van der Waals surface area contributed by atoms with Gasteiger partial charge < -0.3 is 9.73 Å². The number of nitrogens with one attached hydrogen (secondary N) is 2. The van der Waals surface area contributed by atoms with Gasteiger partial charge in [0.15, 0.2) is 11.5 Å². The number of nitrogens with zero attached hydrogens (tertiary/aromatic N) is 2. The Balaban J connectivity index is 1.75. The van der Waals surface area contributed by atoms with Gasteiger partial charge in [0.2, 0.25) is 0 Å². The first-order valence-corrected chi connectivity index (χ1v) is 7.05. The monoisotopic (exact) mass is 284 g/mol. The van der Waals surface area contributed by atoms with Gasteiger partial charge in [0, 0.05) is 6.07 Å². The van der Waals surface area contributed by atoms with Crippen LogP contribution in [0.1, 0.15) is 42.6 Å². The summed E-state index contributed by atoms with van der Waals surface area (Å²) >= 11 is 0. The fourth-order valence-corrected chi connectivity index (χ4v) is 2.70. The van der Waals surface area contributed by atoms with Gasteiger partial charge in [-0.05, 0) is 25.0 Å². The molecule has 0 saturated heterocycles. The maximum atomic E-state index is 12.3. The zero-order valence-electron chi connectivity index (χ0n) is 11.6. The Bertz CT molecular complexity index is 660. The van der Waals surface area contributed by atoms with E-state index >= 15 is 0 Å². The van der Waals surface area contributed by atoms with Crippen LogP contribution >= 0.6 is 0 Å². The van der Waals surface area contributed by atoms with Crippen molar-refractivity contribution < 1.29 is 9.21 Å². The Hall–Kier alpha value is -2.55. The second-order valence-corrected chi connectivity index (χ2v) is 5.35. The van der Waals surface area contributed by atoms with Crippen LogP contribution in [0.2, 0.25) is 0 Å². The highest BCUT2D eigenvalue weighted by Gasteiger charge is 2.34. The van der Waals surface area contributed by atoms with E-state index in [1.54, 1.807) is 24.5 Å². The van der Waals surface area contributed by atoms with E-state index in [9.17, 15) is 10.1 Å². The van der Waals surface area contributed by atoms with Gasteiger partial charge in [-0.2, -0.15) is 10.4 Å². The molecule has 0 aromatic carbocycles. The van der Waals surface area contributed by atoms with Crippen LogP contribution in [0.5, 0.6) is 0 Å². The number of H-pyrrole nitrogens is 1. The summed E-state index contributed by atoms with van der Waals surface area (Å²) < 4.78 is 5.25. The average Bonchev–Trinajstić information content (AvgIpc) is 3.19. The molecule has 6 nitrogen and oxygen atoms in total. The molecule has 2 heterocycles. The van der Waals surface area contributed by atoms with Crippen molar-refractivity contribution in [1.82, 2.24) is 15.5 Å². The molecule has 1 saturated carbocycles. The lowest BCUT2D eigenvalue weighted by atomic mass is 9.83.